The molecule has 0 radical (unpaired) electrons. The number of rotatable bonds is 6. The minimum absolute atomic E-state index is 0.254. The number of methoxy groups -OCH3 is 1. The van der Waals surface area contributed by atoms with Gasteiger partial charge in [0.15, 0.2) is 11.7 Å². The highest BCUT2D eigenvalue weighted by Gasteiger charge is 2.16. The molecule has 6 heteroatoms. The molecule has 0 aliphatic heterocycles. The molecule has 6 nitrogen and oxygen atoms in total. The van der Waals surface area contributed by atoms with E-state index in [0.29, 0.717) is 17.3 Å². The Kier molecular flexibility index (Phi) is 5.39. The fourth-order valence-corrected chi connectivity index (χ4v) is 3.05. The third-order valence-electron chi connectivity index (χ3n) is 4.66. The van der Waals surface area contributed by atoms with Gasteiger partial charge in [-0.05, 0) is 74.0 Å². The van der Waals surface area contributed by atoms with Crippen molar-refractivity contribution in [3.05, 3.63) is 72.3 Å². The topological polar surface area (TPSA) is 73.6 Å². The summed E-state index contributed by atoms with van der Waals surface area (Å²) < 4.78 is 16.7. The molecule has 4 aromatic rings. The number of aromatic nitrogens is 1. The van der Waals surface area contributed by atoms with Gasteiger partial charge in [0.2, 0.25) is 5.89 Å². The fraction of sp³-hybridized carbons (Fsp3) is 0.167. The van der Waals surface area contributed by atoms with Gasteiger partial charge in [-0.15, -0.1) is 0 Å². The molecule has 0 fully saturated rings. The lowest BCUT2D eigenvalue weighted by molar-refractivity contribution is -0.122. The van der Waals surface area contributed by atoms with Crippen LogP contribution in [0, 0.1) is 6.92 Å². The second kappa shape index (κ2) is 8.29. The van der Waals surface area contributed by atoms with Crippen LogP contribution < -0.4 is 14.8 Å². The highest BCUT2D eigenvalue weighted by atomic mass is 16.5. The lowest BCUT2D eigenvalue weighted by atomic mass is 10.2. The number of anilines is 1. The van der Waals surface area contributed by atoms with Gasteiger partial charge >= 0.3 is 0 Å². The molecule has 1 aromatic heterocycles. The normalized spacial score (nSPS) is 11.8. The van der Waals surface area contributed by atoms with E-state index in [1.807, 2.05) is 49.4 Å². The molecule has 152 valence electrons. The van der Waals surface area contributed by atoms with E-state index in [1.54, 1.807) is 38.3 Å². The Balaban J connectivity index is 1.46. The second-order valence-electron chi connectivity index (χ2n) is 7.00. The van der Waals surface area contributed by atoms with Crippen LogP contribution in [0.4, 0.5) is 5.69 Å². The first-order chi connectivity index (χ1) is 14.5. The number of hydrogen-bond donors (Lipinski definition) is 1. The summed E-state index contributed by atoms with van der Waals surface area (Å²) in [4.78, 5) is 17.1. The van der Waals surface area contributed by atoms with Crippen LogP contribution in [0.3, 0.4) is 0 Å². The summed E-state index contributed by atoms with van der Waals surface area (Å²) in [5, 5.41) is 2.88. The zero-order valence-electron chi connectivity index (χ0n) is 17.0. The first-order valence-electron chi connectivity index (χ1n) is 9.61. The van der Waals surface area contributed by atoms with Crippen LogP contribution >= 0.6 is 0 Å². The van der Waals surface area contributed by atoms with Crippen molar-refractivity contribution in [1.29, 1.82) is 0 Å². The van der Waals surface area contributed by atoms with Crippen molar-refractivity contribution in [1.82, 2.24) is 4.98 Å². The Labute approximate surface area is 174 Å². The van der Waals surface area contributed by atoms with Crippen molar-refractivity contribution >= 4 is 22.7 Å². The van der Waals surface area contributed by atoms with E-state index < -0.39 is 6.10 Å². The Morgan fingerprint density at radius 1 is 1.03 bits per heavy atom. The molecule has 1 amide bonds. The lowest BCUT2D eigenvalue weighted by Gasteiger charge is -2.15. The van der Waals surface area contributed by atoms with Gasteiger partial charge in [0.25, 0.3) is 5.91 Å². The summed E-state index contributed by atoms with van der Waals surface area (Å²) >= 11 is 0. The first kappa shape index (κ1) is 19.5. The van der Waals surface area contributed by atoms with E-state index in [-0.39, 0.29) is 5.91 Å². The van der Waals surface area contributed by atoms with Crippen molar-refractivity contribution < 1.29 is 18.7 Å². The van der Waals surface area contributed by atoms with Crippen molar-refractivity contribution in [2.24, 2.45) is 0 Å². The average Bonchev–Trinajstić information content (AvgIpc) is 3.17. The number of aryl methyl sites for hydroxylation is 1. The summed E-state index contributed by atoms with van der Waals surface area (Å²) in [6.07, 6.45) is -0.672. The SMILES string of the molecule is COc1ccc(OC(C)C(=O)Nc2cccc(-c3nc4cc(C)ccc4o3)c2)cc1. The number of oxazole rings is 1. The largest absolute Gasteiger partial charge is 0.497 e. The number of benzene rings is 3. The maximum absolute atomic E-state index is 12.6. The van der Waals surface area contributed by atoms with Gasteiger partial charge in [-0.25, -0.2) is 4.98 Å². The highest BCUT2D eigenvalue weighted by molar-refractivity contribution is 5.94. The third kappa shape index (κ3) is 4.27. The smallest absolute Gasteiger partial charge is 0.265 e. The van der Waals surface area contributed by atoms with E-state index in [9.17, 15) is 4.79 Å². The maximum atomic E-state index is 12.6. The number of hydrogen-bond acceptors (Lipinski definition) is 5. The van der Waals surface area contributed by atoms with Crippen molar-refractivity contribution in [2.45, 2.75) is 20.0 Å². The molecule has 0 spiro atoms. The number of nitrogens with zero attached hydrogens (tertiary/aromatic N) is 1. The Morgan fingerprint density at radius 3 is 2.57 bits per heavy atom. The monoisotopic (exact) mass is 402 g/mol. The van der Waals surface area contributed by atoms with Gasteiger partial charge in [0.1, 0.15) is 17.0 Å². The lowest BCUT2D eigenvalue weighted by Crippen LogP contribution is -2.30. The predicted molar refractivity (Wildman–Crippen MR) is 116 cm³/mol. The molecule has 1 heterocycles. The Morgan fingerprint density at radius 2 is 1.80 bits per heavy atom. The number of carbonyl (C=O) groups excluding carboxylic acids is 1. The van der Waals surface area contributed by atoms with E-state index in [1.165, 1.54) is 0 Å². The Hall–Kier alpha value is -3.80. The third-order valence-corrected chi connectivity index (χ3v) is 4.66. The number of nitrogens with one attached hydrogen (secondary N) is 1. The van der Waals surface area contributed by atoms with Crippen LogP contribution in [0.15, 0.2) is 71.1 Å². The zero-order chi connectivity index (χ0) is 21.1. The predicted octanol–water partition coefficient (Wildman–Crippen LogP) is 5.22. The van der Waals surface area contributed by atoms with Crippen molar-refractivity contribution in [2.75, 3.05) is 12.4 Å². The second-order valence-corrected chi connectivity index (χ2v) is 7.00. The number of amides is 1. The summed E-state index contributed by atoms with van der Waals surface area (Å²) in [6, 6.07) is 20.3. The van der Waals surface area contributed by atoms with E-state index in [4.69, 9.17) is 13.9 Å². The summed E-state index contributed by atoms with van der Waals surface area (Å²) in [5.74, 6) is 1.57. The molecule has 0 saturated heterocycles. The van der Waals surface area contributed by atoms with Crippen LogP contribution in [-0.4, -0.2) is 24.1 Å². The van der Waals surface area contributed by atoms with Gasteiger partial charge in [0.05, 0.1) is 7.11 Å². The van der Waals surface area contributed by atoms with Crippen molar-refractivity contribution in [3.8, 4) is 23.0 Å². The van der Waals surface area contributed by atoms with Crippen molar-refractivity contribution in [3.63, 3.8) is 0 Å². The van der Waals surface area contributed by atoms with Crippen LogP contribution in [-0.2, 0) is 4.79 Å². The standard InChI is InChI=1S/C24H22N2O4/c1-15-7-12-22-21(13-15)26-24(30-22)17-5-4-6-18(14-17)25-23(27)16(2)29-20-10-8-19(28-3)9-11-20/h4-14,16H,1-3H3,(H,25,27). The van der Waals surface area contributed by atoms with Gasteiger partial charge in [0, 0.05) is 11.3 Å². The van der Waals surface area contributed by atoms with E-state index in [2.05, 4.69) is 10.3 Å². The zero-order valence-corrected chi connectivity index (χ0v) is 17.0. The molecule has 0 aliphatic carbocycles. The molecular formula is C24H22N2O4. The van der Waals surface area contributed by atoms with Crippen LogP contribution in [0.2, 0.25) is 0 Å². The Bertz CT molecular complexity index is 1180. The van der Waals surface area contributed by atoms with Gasteiger partial charge in [-0.3, -0.25) is 4.79 Å². The quantitative estimate of drug-likeness (QED) is 0.479. The highest BCUT2D eigenvalue weighted by Crippen LogP contribution is 2.27. The molecule has 30 heavy (non-hydrogen) atoms. The molecule has 1 N–H and O–H groups in total. The van der Waals surface area contributed by atoms with Crippen LogP contribution in [0.5, 0.6) is 11.5 Å². The molecule has 1 unspecified atom stereocenters. The molecule has 4 rings (SSSR count). The van der Waals surface area contributed by atoms with E-state index in [0.717, 1.165) is 28.0 Å². The first-order valence-corrected chi connectivity index (χ1v) is 9.61. The minimum Gasteiger partial charge on any atom is -0.497 e. The summed E-state index contributed by atoms with van der Waals surface area (Å²) in [6.45, 7) is 3.71. The molecule has 1 atom stereocenters. The molecule has 0 aliphatic rings. The van der Waals surface area contributed by atoms with Crippen LogP contribution in [0.25, 0.3) is 22.6 Å². The summed E-state index contributed by atoms with van der Waals surface area (Å²) in [5.41, 5.74) is 4.08. The fourth-order valence-electron chi connectivity index (χ4n) is 3.05. The maximum Gasteiger partial charge on any atom is 0.265 e. The summed E-state index contributed by atoms with van der Waals surface area (Å²) in [7, 11) is 1.60. The molecule has 0 saturated carbocycles. The van der Waals surface area contributed by atoms with Gasteiger partial charge in [-0.1, -0.05) is 12.1 Å². The number of carbonyl (C=O) groups is 1. The number of fused-ring (bicyclic) bond motifs is 1. The number of ether oxygens (including phenoxy) is 2. The van der Waals surface area contributed by atoms with Gasteiger partial charge < -0.3 is 19.2 Å². The molecule has 3 aromatic carbocycles. The van der Waals surface area contributed by atoms with Gasteiger partial charge in [-0.2, -0.15) is 0 Å². The van der Waals surface area contributed by atoms with E-state index >= 15 is 0 Å². The van der Waals surface area contributed by atoms with Crippen LogP contribution in [0.1, 0.15) is 12.5 Å². The molecule has 0 bridgehead atoms. The average molecular weight is 402 g/mol. The minimum atomic E-state index is -0.672. The molecular weight excluding hydrogens is 380 g/mol.